The van der Waals surface area contributed by atoms with Crippen LogP contribution in [0.2, 0.25) is 0 Å². The first-order valence-corrected chi connectivity index (χ1v) is 8.82. The average Bonchev–Trinajstić information content (AvgIpc) is 3.34. The smallest absolute Gasteiger partial charge is 0.250 e. The van der Waals surface area contributed by atoms with Gasteiger partial charge >= 0.3 is 0 Å². The molecule has 0 radical (unpaired) electrons. The van der Waals surface area contributed by atoms with E-state index in [2.05, 4.69) is 15.1 Å². The Morgan fingerprint density at radius 2 is 2.40 bits per heavy atom. The SMILES string of the molecule is O=C(Cn1cncn1)N(CC1CCCO1)c1nc2c(F)cccc2s1. The Morgan fingerprint density at radius 1 is 1.48 bits per heavy atom. The summed E-state index contributed by atoms with van der Waals surface area (Å²) in [6.07, 6.45) is 4.71. The highest BCUT2D eigenvalue weighted by molar-refractivity contribution is 7.22. The number of hydrogen-bond donors (Lipinski definition) is 0. The molecule has 4 rings (SSSR count). The molecule has 1 aliphatic heterocycles. The number of rotatable bonds is 5. The van der Waals surface area contributed by atoms with Gasteiger partial charge in [0.05, 0.1) is 17.3 Å². The van der Waals surface area contributed by atoms with E-state index >= 15 is 0 Å². The number of halogens is 1. The van der Waals surface area contributed by atoms with Gasteiger partial charge < -0.3 is 4.74 Å². The van der Waals surface area contributed by atoms with Gasteiger partial charge in [-0.15, -0.1) is 0 Å². The van der Waals surface area contributed by atoms with Gasteiger partial charge in [-0.05, 0) is 25.0 Å². The largest absolute Gasteiger partial charge is 0.376 e. The summed E-state index contributed by atoms with van der Waals surface area (Å²) in [5.41, 5.74) is 0.286. The van der Waals surface area contributed by atoms with E-state index < -0.39 is 0 Å². The van der Waals surface area contributed by atoms with Gasteiger partial charge in [0.1, 0.15) is 30.5 Å². The van der Waals surface area contributed by atoms with Crippen molar-refractivity contribution in [3.05, 3.63) is 36.7 Å². The Morgan fingerprint density at radius 3 is 3.12 bits per heavy atom. The highest BCUT2D eigenvalue weighted by Crippen LogP contribution is 2.31. The molecule has 25 heavy (non-hydrogen) atoms. The number of hydrogen-bond acceptors (Lipinski definition) is 6. The third-order valence-corrected chi connectivity index (χ3v) is 5.11. The van der Waals surface area contributed by atoms with Gasteiger partial charge in [-0.2, -0.15) is 5.10 Å². The number of fused-ring (bicyclic) bond motifs is 1. The van der Waals surface area contributed by atoms with E-state index in [-0.39, 0.29) is 29.9 Å². The number of para-hydroxylation sites is 1. The summed E-state index contributed by atoms with van der Waals surface area (Å²) in [5, 5.41) is 4.44. The van der Waals surface area contributed by atoms with Gasteiger partial charge in [0.2, 0.25) is 0 Å². The molecule has 1 amide bonds. The third-order valence-electron chi connectivity index (χ3n) is 4.06. The summed E-state index contributed by atoms with van der Waals surface area (Å²) >= 11 is 1.30. The number of thiazole rings is 1. The van der Waals surface area contributed by atoms with Crippen LogP contribution >= 0.6 is 11.3 Å². The van der Waals surface area contributed by atoms with Gasteiger partial charge in [-0.1, -0.05) is 17.4 Å². The van der Waals surface area contributed by atoms with Crippen molar-refractivity contribution in [1.82, 2.24) is 19.7 Å². The number of amides is 1. The molecule has 1 fully saturated rings. The quantitative estimate of drug-likeness (QED) is 0.697. The summed E-state index contributed by atoms with van der Waals surface area (Å²) in [4.78, 5) is 22.6. The van der Waals surface area contributed by atoms with Gasteiger partial charge in [0.15, 0.2) is 5.13 Å². The number of anilines is 1. The summed E-state index contributed by atoms with van der Waals surface area (Å²) < 4.78 is 21.8. The van der Waals surface area contributed by atoms with Crippen molar-refractivity contribution in [3.63, 3.8) is 0 Å². The van der Waals surface area contributed by atoms with E-state index in [9.17, 15) is 9.18 Å². The summed E-state index contributed by atoms with van der Waals surface area (Å²) in [7, 11) is 0. The minimum absolute atomic E-state index is 0.0310. The van der Waals surface area contributed by atoms with Crippen LogP contribution in [0, 0.1) is 5.82 Å². The molecule has 9 heteroatoms. The molecule has 0 spiro atoms. The van der Waals surface area contributed by atoms with Crippen LogP contribution in [0.5, 0.6) is 0 Å². The van der Waals surface area contributed by atoms with E-state index in [1.165, 1.54) is 34.7 Å². The first-order chi connectivity index (χ1) is 12.2. The first kappa shape index (κ1) is 16.1. The number of carbonyl (C=O) groups excluding carboxylic acids is 1. The molecule has 130 valence electrons. The van der Waals surface area contributed by atoms with Crippen LogP contribution in [0.4, 0.5) is 9.52 Å². The molecule has 2 aromatic heterocycles. The molecular weight excluding hydrogens is 345 g/mol. The van der Waals surface area contributed by atoms with Crippen molar-refractivity contribution < 1.29 is 13.9 Å². The fourth-order valence-corrected chi connectivity index (χ4v) is 3.84. The van der Waals surface area contributed by atoms with Crippen molar-refractivity contribution in [1.29, 1.82) is 0 Å². The molecule has 3 heterocycles. The Kier molecular flexibility index (Phi) is 4.41. The lowest BCUT2D eigenvalue weighted by molar-refractivity contribution is -0.119. The van der Waals surface area contributed by atoms with Crippen molar-refractivity contribution >= 4 is 32.6 Å². The minimum Gasteiger partial charge on any atom is -0.376 e. The molecule has 3 aromatic rings. The summed E-state index contributed by atoms with van der Waals surface area (Å²) in [6, 6.07) is 4.81. The standard InChI is InChI=1S/C16H16FN5O2S/c17-12-4-1-5-13-15(12)20-16(25-13)22(7-11-3-2-6-24-11)14(23)8-21-10-18-9-19-21/h1,4-5,9-11H,2-3,6-8H2. The minimum atomic E-state index is -0.388. The Balaban J connectivity index is 1.65. The molecule has 1 aromatic carbocycles. The van der Waals surface area contributed by atoms with Crippen LogP contribution in [0.15, 0.2) is 30.9 Å². The van der Waals surface area contributed by atoms with Crippen molar-refractivity contribution in [3.8, 4) is 0 Å². The van der Waals surface area contributed by atoms with Crippen molar-refractivity contribution in [2.45, 2.75) is 25.5 Å². The Labute approximate surface area is 147 Å². The highest BCUT2D eigenvalue weighted by atomic mass is 32.1. The Bertz CT molecular complexity index is 876. The second kappa shape index (κ2) is 6.85. The number of aromatic nitrogens is 4. The Hall–Kier alpha value is -2.39. The maximum atomic E-state index is 14.0. The monoisotopic (exact) mass is 361 g/mol. The van der Waals surface area contributed by atoms with Crippen molar-refractivity contribution in [2.24, 2.45) is 0 Å². The molecular formula is C16H16FN5O2S. The molecule has 1 atom stereocenters. The lowest BCUT2D eigenvalue weighted by atomic mass is 10.2. The molecule has 1 aliphatic rings. The van der Waals surface area contributed by atoms with E-state index in [4.69, 9.17) is 4.74 Å². The lowest BCUT2D eigenvalue weighted by Crippen LogP contribution is -2.39. The number of benzene rings is 1. The van der Waals surface area contributed by atoms with E-state index in [1.807, 2.05) is 0 Å². The van der Waals surface area contributed by atoms with Crippen molar-refractivity contribution in [2.75, 3.05) is 18.1 Å². The van der Waals surface area contributed by atoms with Gasteiger partial charge in [-0.25, -0.2) is 19.0 Å². The normalized spacial score (nSPS) is 17.2. The molecule has 0 aliphatic carbocycles. The summed E-state index contributed by atoms with van der Waals surface area (Å²) in [5.74, 6) is -0.568. The van der Waals surface area contributed by atoms with Gasteiger partial charge in [-0.3, -0.25) is 9.69 Å². The lowest BCUT2D eigenvalue weighted by Gasteiger charge is -2.22. The van der Waals surface area contributed by atoms with Crippen LogP contribution < -0.4 is 4.90 Å². The van der Waals surface area contributed by atoms with Crippen LogP contribution in [-0.4, -0.2) is 44.9 Å². The van der Waals surface area contributed by atoms with Crippen LogP contribution in [0.1, 0.15) is 12.8 Å². The predicted octanol–water partition coefficient (Wildman–Crippen LogP) is 2.24. The third kappa shape index (κ3) is 3.38. The van der Waals surface area contributed by atoms with E-state index in [0.29, 0.717) is 23.0 Å². The summed E-state index contributed by atoms with van der Waals surface area (Å²) in [6.45, 7) is 1.14. The van der Waals surface area contributed by atoms with E-state index in [1.54, 1.807) is 17.0 Å². The van der Waals surface area contributed by atoms with Crippen LogP contribution in [0.25, 0.3) is 10.2 Å². The molecule has 0 saturated carbocycles. The second-order valence-corrected chi connectivity index (χ2v) is 6.82. The molecule has 0 N–H and O–H groups in total. The highest BCUT2D eigenvalue weighted by Gasteiger charge is 2.26. The maximum absolute atomic E-state index is 14.0. The fourth-order valence-electron chi connectivity index (χ4n) is 2.84. The molecule has 1 unspecified atom stereocenters. The topological polar surface area (TPSA) is 73.1 Å². The number of nitrogens with zero attached hydrogens (tertiary/aromatic N) is 5. The van der Waals surface area contributed by atoms with E-state index in [0.717, 1.165) is 12.8 Å². The number of carbonyl (C=O) groups is 1. The van der Waals surface area contributed by atoms with Crippen LogP contribution in [0.3, 0.4) is 0 Å². The second-order valence-electron chi connectivity index (χ2n) is 5.82. The van der Waals surface area contributed by atoms with Gasteiger partial charge in [0.25, 0.3) is 5.91 Å². The zero-order chi connectivity index (χ0) is 17.2. The predicted molar refractivity (Wildman–Crippen MR) is 90.9 cm³/mol. The zero-order valence-corrected chi connectivity index (χ0v) is 14.2. The number of ether oxygens (including phenoxy) is 1. The average molecular weight is 361 g/mol. The van der Waals surface area contributed by atoms with Gasteiger partial charge in [0, 0.05) is 6.61 Å². The molecule has 1 saturated heterocycles. The fraction of sp³-hybridized carbons (Fsp3) is 0.375. The zero-order valence-electron chi connectivity index (χ0n) is 13.3. The first-order valence-electron chi connectivity index (χ1n) is 8.00. The molecule has 0 bridgehead atoms. The molecule has 7 nitrogen and oxygen atoms in total. The van der Waals surface area contributed by atoms with Crippen LogP contribution in [-0.2, 0) is 16.1 Å². The maximum Gasteiger partial charge on any atom is 0.250 e.